The van der Waals surface area contributed by atoms with E-state index in [2.05, 4.69) is 5.16 Å². The van der Waals surface area contributed by atoms with Gasteiger partial charge in [0.25, 0.3) is 5.91 Å². The summed E-state index contributed by atoms with van der Waals surface area (Å²) in [6.45, 7) is 7.30. The molecule has 3 heterocycles. The third kappa shape index (κ3) is 4.13. The molecule has 1 aromatic carbocycles. The molecule has 2 aromatic rings. The fourth-order valence-electron chi connectivity index (χ4n) is 3.14. The number of carbonyl (C=O) groups is 2. The second-order valence-corrected chi connectivity index (χ2v) is 7.90. The molecule has 4 rings (SSSR count). The zero-order valence-electron chi connectivity index (χ0n) is 16.6. The first-order valence-corrected chi connectivity index (χ1v) is 9.44. The van der Waals surface area contributed by atoms with Gasteiger partial charge in [0.05, 0.1) is 0 Å². The van der Waals surface area contributed by atoms with Crippen molar-refractivity contribution in [2.24, 2.45) is 0 Å². The van der Waals surface area contributed by atoms with Crippen LogP contribution in [-0.2, 0) is 4.74 Å². The SMILES string of the molecule is CC(C)(C)OC(=O)N1CCN(C(=O)c2cc(-c3ccc4c(c3)OCO4)on2)CC1. The summed E-state index contributed by atoms with van der Waals surface area (Å²) in [7, 11) is 0. The van der Waals surface area contributed by atoms with Crippen molar-refractivity contribution in [3.8, 4) is 22.8 Å². The fraction of sp³-hybridized carbons (Fsp3) is 0.450. The molecule has 0 aliphatic carbocycles. The van der Waals surface area contributed by atoms with Gasteiger partial charge in [0.2, 0.25) is 6.79 Å². The Morgan fingerprint density at radius 2 is 1.69 bits per heavy atom. The zero-order valence-corrected chi connectivity index (χ0v) is 16.6. The molecule has 9 nitrogen and oxygen atoms in total. The molecule has 1 saturated heterocycles. The summed E-state index contributed by atoms with van der Waals surface area (Å²) < 4.78 is 21.4. The van der Waals surface area contributed by atoms with Crippen LogP contribution in [0.3, 0.4) is 0 Å². The Balaban J connectivity index is 1.38. The Hall–Kier alpha value is -3.23. The highest BCUT2D eigenvalue weighted by atomic mass is 16.7. The quantitative estimate of drug-likeness (QED) is 0.764. The normalized spacial score (nSPS) is 16.1. The summed E-state index contributed by atoms with van der Waals surface area (Å²) in [6, 6.07) is 7.01. The summed E-state index contributed by atoms with van der Waals surface area (Å²) >= 11 is 0. The zero-order chi connectivity index (χ0) is 20.6. The topological polar surface area (TPSA) is 94.3 Å². The highest BCUT2D eigenvalue weighted by Crippen LogP contribution is 2.36. The van der Waals surface area contributed by atoms with Gasteiger partial charge in [0.1, 0.15) is 5.60 Å². The van der Waals surface area contributed by atoms with Gasteiger partial charge < -0.3 is 28.5 Å². The number of hydrogen-bond acceptors (Lipinski definition) is 7. The second-order valence-electron chi connectivity index (χ2n) is 7.90. The van der Waals surface area contributed by atoms with Crippen LogP contribution < -0.4 is 9.47 Å². The highest BCUT2D eigenvalue weighted by Gasteiger charge is 2.29. The van der Waals surface area contributed by atoms with E-state index < -0.39 is 5.60 Å². The lowest BCUT2D eigenvalue weighted by Gasteiger charge is -2.35. The molecule has 29 heavy (non-hydrogen) atoms. The number of piperazine rings is 1. The van der Waals surface area contributed by atoms with Crippen molar-refractivity contribution >= 4 is 12.0 Å². The molecule has 1 fully saturated rings. The van der Waals surface area contributed by atoms with E-state index in [-0.39, 0.29) is 24.5 Å². The van der Waals surface area contributed by atoms with Crippen LogP contribution in [0.2, 0.25) is 0 Å². The minimum absolute atomic E-state index is 0.189. The number of carbonyl (C=O) groups excluding carboxylic acids is 2. The van der Waals surface area contributed by atoms with E-state index in [0.29, 0.717) is 43.4 Å². The van der Waals surface area contributed by atoms with Gasteiger partial charge in [-0.2, -0.15) is 0 Å². The molecule has 2 amide bonds. The molecular weight excluding hydrogens is 378 g/mol. The van der Waals surface area contributed by atoms with Crippen molar-refractivity contribution < 1.29 is 28.3 Å². The predicted octanol–water partition coefficient (Wildman–Crippen LogP) is 2.76. The maximum Gasteiger partial charge on any atom is 0.410 e. The van der Waals surface area contributed by atoms with Gasteiger partial charge in [0, 0.05) is 37.8 Å². The predicted molar refractivity (Wildman–Crippen MR) is 102 cm³/mol. The molecule has 2 aliphatic rings. The minimum atomic E-state index is -0.546. The molecular formula is C20H23N3O6. The van der Waals surface area contributed by atoms with Crippen molar-refractivity contribution in [3.05, 3.63) is 30.0 Å². The number of hydrogen-bond donors (Lipinski definition) is 0. The molecule has 0 N–H and O–H groups in total. The van der Waals surface area contributed by atoms with Gasteiger partial charge in [-0.25, -0.2) is 4.79 Å². The van der Waals surface area contributed by atoms with Crippen molar-refractivity contribution in [1.82, 2.24) is 15.0 Å². The number of fused-ring (bicyclic) bond motifs is 1. The van der Waals surface area contributed by atoms with Crippen molar-refractivity contribution in [3.63, 3.8) is 0 Å². The molecule has 9 heteroatoms. The van der Waals surface area contributed by atoms with Crippen LogP contribution in [0.25, 0.3) is 11.3 Å². The third-order valence-corrected chi connectivity index (χ3v) is 4.60. The lowest BCUT2D eigenvalue weighted by molar-refractivity contribution is 0.0139. The van der Waals surface area contributed by atoms with Gasteiger partial charge >= 0.3 is 6.09 Å². The van der Waals surface area contributed by atoms with E-state index in [1.54, 1.807) is 28.0 Å². The van der Waals surface area contributed by atoms with Crippen LogP contribution in [0.1, 0.15) is 31.3 Å². The van der Waals surface area contributed by atoms with Crippen LogP contribution >= 0.6 is 0 Å². The summed E-state index contributed by atoms with van der Waals surface area (Å²) in [6.07, 6.45) is -0.365. The average Bonchev–Trinajstić information content (AvgIpc) is 3.35. The summed E-state index contributed by atoms with van der Waals surface area (Å²) in [5, 5.41) is 3.92. The molecule has 0 bridgehead atoms. The first-order chi connectivity index (χ1) is 13.8. The van der Waals surface area contributed by atoms with E-state index in [0.717, 1.165) is 5.56 Å². The Morgan fingerprint density at radius 3 is 2.41 bits per heavy atom. The summed E-state index contributed by atoms with van der Waals surface area (Å²) in [4.78, 5) is 28.2. The molecule has 0 radical (unpaired) electrons. The van der Waals surface area contributed by atoms with Crippen LogP contribution in [-0.4, -0.2) is 65.5 Å². The van der Waals surface area contributed by atoms with E-state index in [4.69, 9.17) is 18.7 Å². The van der Waals surface area contributed by atoms with Gasteiger partial charge in [-0.3, -0.25) is 4.79 Å². The molecule has 0 spiro atoms. The average molecular weight is 401 g/mol. The Morgan fingerprint density at radius 1 is 1.00 bits per heavy atom. The number of amides is 2. The van der Waals surface area contributed by atoms with Crippen LogP contribution in [0.15, 0.2) is 28.8 Å². The number of aromatic nitrogens is 1. The van der Waals surface area contributed by atoms with Gasteiger partial charge in [-0.15, -0.1) is 0 Å². The first kappa shape index (κ1) is 19.1. The molecule has 154 valence electrons. The molecule has 2 aliphatic heterocycles. The number of benzene rings is 1. The van der Waals surface area contributed by atoms with Crippen LogP contribution in [0.4, 0.5) is 4.79 Å². The van der Waals surface area contributed by atoms with Gasteiger partial charge in [0.15, 0.2) is 23.0 Å². The first-order valence-electron chi connectivity index (χ1n) is 9.44. The summed E-state index contributed by atoms with van der Waals surface area (Å²) in [5.74, 6) is 1.54. The van der Waals surface area contributed by atoms with E-state index >= 15 is 0 Å². The monoisotopic (exact) mass is 401 g/mol. The smallest absolute Gasteiger partial charge is 0.410 e. The largest absolute Gasteiger partial charge is 0.454 e. The Labute approximate surface area is 168 Å². The standard InChI is InChI=1S/C20H23N3O6/c1-20(2,3)28-19(25)23-8-6-22(7-9-23)18(24)14-11-16(29-21-14)13-4-5-15-17(10-13)27-12-26-15/h4-5,10-11H,6-9,12H2,1-3H3. The maximum absolute atomic E-state index is 12.8. The lowest BCUT2D eigenvalue weighted by Crippen LogP contribution is -2.51. The highest BCUT2D eigenvalue weighted by molar-refractivity contribution is 5.93. The number of nitrogens with zero attached hydrogens (tertiary/aromatic N) is 3. The van der Waals surface area contributed by atoms with Crippen LogP contribution in [0.5, 0.6) is 11.5 Å². The summed E-state index contributed by atoms with van der Waals surface area (Å²) in [5.41, 5.74) is 0.425. The van der Waals surface area contributed by atoms with Crippen molar-refractivity contribution in [2.75, 3.05) is 33.0 Å². The number of ether oxygens (including phenoxy) is 3. The Bertz CT molecular complexity index is 925. The Kier molecular flexibility index (Phi) is 4.81. The molecule has 0 saturated carbocycles. The molecule has 1 aromatic heterocycles. The number of rotatable bonds is 2. The lowest BCUT2D eigenvalue weighted by atomic mass is 10.1. The van der Waals surface area contributed by atoms with E-state index in [9.17, 15) is 9.59 Å². The fourth-order valence-corrected chi connectivity index (χ4v) is 3.14. The molecule has 0 atom stereocenters. The van der Waals surface area contributed by atoms with Gasteiger partial charge in [-0.05, 0) is 39.0 Å². The van der Waals surface area contributed by atoms with Gasteiger partial charge in [-0.1, -0.05) is 5.16 Å². The molecule has 0 unspecified atom stereocenters. The van der Waals surface area contributed by atoms with E-state index in [1.165, 1.54) is 0 Å². The maximum atomic E-state index is 12.8. The van der Waals surface area contributed by atoms with Crippen molar-refractivity contribution in [1.29, 1.82) is 0 Å². The minimum Gasteiger partial charge on any atom is -0.454 e. The van der Waals surface area contributed by atoms with Crippen LogP contribution in [0, 0.1) is 0 Å². The van der Waals surface area contributed by atoms with E-state index in [1.807, 2.05) is 26.8 Å². The second kappa shape index (κ2) is 7.31. The third-order valence-electron chi connectivity index (χ3n) is 4.60. The van der Waals surface area contributed by atoms with Crippen molar-refractivity contribution in [2.45, 2.75) is 26.4 Å².